The van der Waals surface area contributed by atoms with Crippen LogP contribution in [0.2, 0.25) is 0 Å². The maximum absolute atomic E-state index is 11.8. The highest BCUT2D eigenvalue weighted by Gasteiger charge is 2.19. The molecule has 0 bridgehead atoms. The second-order valence-corrected chi connectivity index (χ2v) is 6.13. The quantitative estimate of drug-likeness (QED) is 0.625. The molecule has 0 unspecified atom stereocenters. The summed E-state index contributed by atoms with van der Waals surface area (Å²) < 4.78 is 0. The van der Waals surface area contributed by atoms with Crippen molar-refractivity contribution < 1.29 is 19.8 Å². The van der Waals surface area contributed by atoms with E-state index >= 15 is 0 Å². The summed E-state index contributed by atoms with van der Waals surface area (Å²) in [6.45, 7) is 2.17. The lowest BCUT2D eigenvalue weighted by atomic mass is 9.92. The molecule has 4 heteroatoms. The predicted octanol–water partition coefficient (Wildman–Crippen LogP) is 5.14. The summed E-state index contributed by atoms with van der Waals surface area (Å²) >= 11 is 0. The number of unbranched alkanes of at least 4 members (excludes halogenated alkanes) is 5. The fourth-order valence-electron chi connectivity index (χ4n) is 3.15. The third kappa shape index (κ3) is 4.13. The lowest BCUT2D eigenvalue weighted by molar-refractivity contribution is 0.0694. The van der Waals surface area contributed by atoms with Crippen molar-refractivity contribution >= 4 is 22.7 Å². The van der Waals surface area contributed by atoms with Gasteiger partial charge in [0, 0.05) is 5.39 Å². The second-order valence-electron chi connectivity index (χ2n) is 6.13. The average Bonchev–Trinajstić information content (AvgIpc) is 2.56. The molecule has 128 valence electrons. The molecule has 0 atom stereocenters. The van der Waals surface area contributed by atoms with E-state index in [4.69, 9.17) is 0 Å². The lowest BCUT2D eigenvalue weighted by Gasteiger charge is -2.12. The van der Waals surface area contributed by atoms with Gasteiger partial charge in [-0.15, -0.1) is 0 Å². The predicted molar refractivity (Wildman–Crippen MR) is 94.9 cm³/mol. The SMILES string of the molecule is CCCCCCCCc1ccc2cccc(C(=O)O)c2c1C(=O)O. The first-order valence-corrected chi connectivity index (χ1v) is 8.57. The number of carboxylic acid groups (broad SMARTS) is 2. The maximum atomic E-state index is 11.8. The Labute approximate surface area is 142 Å². The molecule has 24 heavy (non-hydrogen) atoms. The molecule has 0 saturated carbocycles. The molecular formula is C20H24O4. The average molecular weight is 328 g/mol. The molecule has 2 aromatic carbocycles. The minimum Gasteiger partial charge on any atom is -0.478 e. The van der Waals surface area contributed by atoms with Crippen molar-refractivity contribution in [1.82, 2.24) is 0 Å². The summed E-state index contributed by atoms with van der Waals surface area (Å²) in [5, 5.41) is 20.0. The molecule has 4 nitrogen and oxygen atoms in total. The summed E-state index contributed by atoms with van der Waals surface area (Å²) in [4.78, 5) is 23.3. The minimum atomic E-state index is -1.10. The van der Waals surface area contributed by atoms with Gasteiger partial charge in [0.1, 0.15) is 0 Å². The van der Waals surface area contributed by atoms with Crippen LogP contribution >= 0.6 is 0 Å². The van der Waals surface area contributed by atoms with Crippen LogP contribution in [0.4, 0.5) is 0 Å². The van der Waals surface area contributed by atoms with E-state index in [0.717, 1.165) is 24.8 Å². The Morgan fingerprint density at radius 1 is 0.875 bits per heavy atom. The van der Waals surface area contributed by atoms with Crippen molar-refractivity contribution in [2.45, 2.75) is 51.9 Å². The smallest absolute Gasteiger partial charge is 0.336 e. The van der Waals surface area contributed by atoms with E-state index in [-0.39, 0.29) is 11.1 Å². The molecule has 0 saturated heterocycles. The number of hydrogen-bond donors (Lipinski definition) is 2. The van der Waals surface area contributed by atoms with E-state index in [0.29, 0.717) is 17.2 Å². The normalized spacial score (nSPS) is 10.9. The zero-order chi connectivity index (χ0) is 17.5. The monoisotopic (exact) mass is 328 g/mol. The topological polar surface area (TPSA) is 74.6 Å². The second kappa shape index (κ2) is 8.48. The molecule has 0 aromatic heterocycles. The zero-order valence-electron chi connectivity index (χ0n) is 14.0. The summed E-state index contributed by atoms with van der Waals surface area (Å²) in [6, 6.07) is 8.50. The number of benzene rings is 2. The molecule has 0 aliphatic carbocycles. The first-order valence-electron chi connectivity index (χ1n) is 8.57. The van der Waals surface area contributed by atoms with Gasteiger partial charge in [-0.2, -0.15) is 0 Å². The lowest BCUT2D eigenvalue weighted by Crippen LogP contribution is -2.08. The fourth-order valence-corrected chi connectivity index (χ4v) is 3.15. The Balaban J connectivity index is 2.30. The van der Waals surface area contributed by atoms with Crippen molar-refractivity contribution in [2.24, 2.45) is 0 Å². The summed E-state index contributed by atoms with van der Waals surface area (Å²) in [6.07, 6.45) is 7.46. The van der Waals surface area contributed by atoms with Gasteiger partial charge in [0.25, 0.3) is 0 Å². The van der Waals surface area contributed by atoms with Crippen LogP contribution in [0.15, 0.2) is 30.3 Å². The molecule has 0 amide bonds. The fraction of sp³-hybridized carbons (Fsp3) is 0.400. The molecule has 2 rings (SSSR count). The van der Waals surface area contributed by atoms with Crippen LogP contribution in [0.3, 0.4) is 0 Å². The summed E-state index contributed by atoms with van der Waals surface area (Å²) in [5.41, 5.74) is 0.910. The molecule has 0 spiro atoms. The molecule has 0 fully saturated rings. The molecular weight excluding hydrogens is 304 g/mol. The Bertz CT molecular complexity index is 734. The minimum absolute atomic E-state index is 0.0506. The van der Waals surface area contributed by atoms with E-state index < -0.39 is 11.9 Å². The number of carboxylic acids is 2. The van der Waals surface area contributed by atoms with Gasteiger partial charge in [-0.25, -0.2) is 9.59 Å². The number of carbonyl (C=O) groups is 2. The number of aromatic carboxylic acids is 2. The van der Waals surface area contributed by atoms with Gasteiger partial charge < -0.3 is 10.2 Å². The van der Waals surface area contributed by atoms with Crippen LogP contribution in [-0.4, -0.2) is 22.2 Å². The third-order valence-electron chi connectivity index (χ3n) is 4.38. The molecule has 0 heterocycles. The molecule has 2 N–H and O–H groups in total. The summed E-state index contributed by atoms with van der Waals surface area (Å²) in [7, 11) is 0. The first kappa shape index (κ1) is 18.0. The van der Waals surface area contributed by atoms with Gasteiger partial charge in [-0.3, -0.25) is 0 Å². The Kier molecular flexibility index (Phi) is 6.36. The molecule has 0 aliphatic heterocycles. The number of rotatable bonds is 9. The highest BCUT2D eigenvalue weighted by molar-refractivity contribution is 6.13. The number of fused-ring (bicyclic) bond motifs is 1. The molecule has 0 radical (unpaired) electrons. The standard InChI is InChI=1S/C20H24O4/c1-2-3-4-5-6-7-9-15-13-12-14-10-8-11-16(19(21)22)17(14)18(15)20(23)24/h8,10-13H,2-7,9H2,1H3,(H,21,22)(H,23,24). The number of aryl methyl sites for hydroxylation is 1. The van der Waals surface area contributed by atoms with Crippen LogP contribution in [0.5, 0.6) is 0 Å². The Morgan fingerprint density at radius 2 is 1.58 bits per heavy atom. The Hall–Kier alpha value is -2.36. The van der Waals surface area contributed by atoms with E-state index in [1.165, 1.54) is 25.3 Å². The van der Waals surface area contributed by atoms with E-state index in [9.17, 15) is 19.8 Å². The first-order chi connectivity index (χ1) is 11.6. The number of hydrogen-bond acceptors (Lipinski definition) is 2. The molecule has 2 aromatic rings. The molecule has 0 aliphatic rings. The van der Waals surface area contributed by atoms with Gasteiger partial charge in [0.2, 0.25) is 0 Å². The van der Waals surface area contributed by atoms with Gasteiger partial charge in [-0.05, 0) is 29.9 Å². The van der Waals surface area contributed by atoms with Gasteiger partial charge >= 0.3 is 11.9 Å². The Morgan fingerprint density at radius 3 is 2.25 bits per heavy atom. The maximum Gasteiger partial charge on any atom is 0.336 e. The van der Waals surface area contributed by atoms with Crippen LogP contribution in [0.1, 0.15) is 71.7 Å². The van der Waals surface area contributed by atoms with Crippen molar-refractivity contribution in [3.8, 4) is 0 Å². The largest absolute Gasteiger partial charge is 0.478 e. The van der Waals surface area contributed by atoms with Crippen molar-refractivity contribution in [2.75, 3.05) is 0 Å². The van der Waals surface area contributed by atoms with E-state index in [1.54, 1.807) is 12.1 Å². The van der Waals surface area contributed by atoms with Gasteiger partial charge in [0.05, 0.1) is 11.1 Å². The van der Waals surface area contributed by atoms with Gasteiger partial charge in [-0.1, -0.05) is 63.3 Å². The van der Waals surface area contributed by atoms with Crippen LogP contribution < -0.4 is 0 Å². The highest BCUT2D eigenvalue weighted by atomic mass is 16.4. The van der Waals surface area contributed by atoms with Gasteiger partial charge in [0.15, 0.2) is 0 Å². The van der Waals surface area contributed by atoms with Crippen LogP contribution in [0.25, 0.3) is 10.8 Å². The zero-order valence-corrected chi connectivity index (χ0v) is 14.0. The van der Waals surface area contributed by atoms with Crippen molar-refractivity contribution in [3.05, 3.63) is 47.0 Å². The van der Waals surface area contributed by atoms with Crippen molar-refractivity contribution in [3.63, 3.8) is 0 Å². The summed E-state index contributed by atoms with van der Waals surface area (Å²) in [5.74, 6) is -2.16. The van der Waals surface area contributed by atoms with Crippen molar-refractivity contribution in [1.29, 1.82) is 0 Å². The van der Waals surface area contributed by atoms with Crippen LogP contribution in [0, 0.1) is 0 Å². The third-order valence-corrected chi connectivity index (χ3v) is 4.38. The highest BCUT2D eigenvalue weighted by Crippen LogP contribution is 2.27. The van der Waals surface area contributed by atoms with Crippen LogP contribution in [-0.2, 0) is 6.42 Å². The van der Waals surface area contributed by atoms with E-state index in [1.807, 2.05) is 12.1 Å². The van der Waals surface area contributed by atoms with E-state index in [2.05, 4.69) is 6.92 Å².